The molecular weight excluding hydrogens is 134 g/mol. The lowest BCUT2D eigenvalue weighted by atomic mass is 9.89. The van der Waals surface area contributed by atoms with Crippen LogP contribution < -0.4 is 0 Å². The van der Waals surface area contributed by atoms with Gasteiger partial charge < -0.3 is 4.90 Å². The first kappa shape index (κ1) is 7.60. The van der Waals surface area contributed by atoms with Crippen LogP contribution in [0.3, 0.4) is 0 Å². The first-order valence-electron chi connectivity index (χ1n) is 4.94. The summed E-state index contributed by atoms with van der Waals surface area (Å²) in [5.74, 6) is 3.14. The van der Waals surface area contributed by atoms with Crippen LogP contribution in [0.15, 0.2) is 0 Å². The van der Waals surface area contributed by atoms with Crippen LogP contribution >= 0.6 is 0 Å². The molecule has 1 heterocycles. The molecule has 3 unspecified atom stereocenters. The average Bonchev–Trinajstić information content (AvgIpc) is 2.27. The maximum atomic E-state index is 2.50. The minimum absolute atomic E-state index is 1.01. The van der Waals surface area contributed by atoms with Gasteiger partial charge in [0.2, 0.25) is 0 Å². The first-order chi connectivity index (χ1) is 5.25. The zero-order valence-corrected chi connectivity index (χ0v) is 7.71. The summed E-state index contributed by atoms with van der Waals surface area (Å²) in [4.78, 5) is 2.50. The molecule has 0 aromatic carbocycles. The van der Waals surface area contributed by atoms with Crippen LogP contribution in [0.2, 0.25) is 0 Å². The number of rotatable bonds is 0. The van der Waals surface area contributed by atoms with E-state index in [1.54, 1.807) is 0 Å². The Morgan fingerprint density at radius 1 is 1.18 bits per heavy atom. The molecule has 0 radical (unpaired) electrons. The highest BCUT2D eigenvalue weighted by atomic mass is 15.1. The average molecular weight is 153 g/mol. The molecule has 1 saturated heterocycles. The summed E-state index contributed by atoms with van der Waals surface area (Å²) in [5.41, 5.74) is 0. The molecule has 0 aromatic heterocycles. The van der Waals surface area contributed by atoms with Gasteiger partial charge in [0.15, 0.2) is 0 Å². The quantitative estimate of drug-likeness (QED) is 0.514. The van der Waals surface area contributed by atoms with Gasteiger partial charge in [-0.25, -0.2) is 0 Å². The molecule has 1 saturated carbocycles. The van der Waals surface area contributed by atoms with Crippen LogP contribution in [0.1, 0.15) is 26.2 Å². The summed E-state index contributed by atoms with van der Waals surface area (Å²) >= 11 is 0. The van der Waals surface area contributed by atoms with E-state index >= 15 is 0 Å². The van der Waals surface area contributed by atoms with Crippen LogP contribution in [-0.4, -0.2) is 25.0 Å². The molecule has 11 heavy (non-hydrogen) atoms. The summed E-state index contributed by atoms with van der Waals surface area (Å²) in [6.07, 6.45) is 4.47. The second-order valence-electron chi connectivity index (χ2n) is 4.65. The van der Waals surface area contributed by atoms with Crippen molar-refractivity contribution in [2.24, 2.45) is 17.8 Å². The van der Waals surface area contributed by atoms with E-state index in [2.05, 4.69) is 18.9 Å². The molecular formula is C10H19N. The third-order valence-electron chi connectivity index (χ3n) is 3.50. The molecule has 0 aromatic rings. The smallest absolute Gasteiger partial charge is 0.000937 e. The lowest BCUT2D eigenvalue weighted by Crippen LogP contribution is -2.35. The van der Waals surface area contributed by atoms with Gasteiger partial charge in [0.05, 0.1) is 0 Å². The van der Waals surface area contributed by atoms with Crippen molar-refractivity contribution in [1.82, 2.24) is 4.90 Å². The van der Waals surface area contributed by atoms with Crippen LogP contribution in [-0.2, 0) is 0 Å². The SMILES string of the molecule is CC1CC2CCN(C)CC2C1. The summed E-state index contributed by atoms with van der Waals surface area (Å²) in [6.45, 7) is 5.13. The van der Waals surface area contributed by atoms with Gasteiger partial charge in [-0.2, -0.15) is 0 Å². The van der Waals surface area contributed by atoms with E-state index in [0.717, 1.165) is 17.8 Å². The van der Waals surface area contributed by atoms with E-state index < -0.39 is 0 Å². The van der Waals surface area contributed by atoms with E-state index in [4.69, 9.17) is 0 Å². The highest BCUT2D eigenvalue weighted by molar-refractivity contribution is 4.86. The van der Waals surface area contributed by atoms with Gasteiger partial charge in [-0.15, -0.1) is 0 Å². The fourth-order valence-electron chi connectivity index (χ4n) is 2.97. The zero-order chi connectivity index (χ0) is 7.84. The molecule has 2 aliphatic rings. The number of fused-ring (bicyclic) bond motifs is 1. The van der Waals surface area contributed by atoms with Crippen molar-refractivity contribution in [3.63, 3.8) is 0 Å². The van der Waals surface area contributed by atoms with Crippen molar-refractivity contribution in [3.8, 4) is 0 Å². The molecule has 1 nitrogen and oxygen atoms in total. The molecule has 64 valence electrons. The predicted molar refractivity (Wildman–Crippen MR) is 47.5 cm³/mol. The Balaban J connectivity index is 1.97. The standard InChI is InChI=1S/C10H19N/c1-8-5-9-3-4-11(2)7-10(9)6-8/h8-10H,3-7H2,1-2H3. The molecule has 2 rings (SSSR count). The normalized spacial score (nSPS) is 45.8. The summed E-state index contributed by atoms with van der Waals surface area (Å²) < 4.78 is 0. The molecule has 0 amide bonds. The first-order valence-corrected chi connectivity index (χ1v) is 4.94. The zero-order valence-electron chi connectivity index (χ0n) is 7.71. The number of likely N-dealkylation sites (tertiary alicyclic amines) is 1. The molecule has 0 spiro atoms. The van der Waals surface area contributed by atoms with Crippen molar-refractivity contribution in [1.29, 1.82) is 0 Å². The Kier molecular flexibility index (Phi) is 1.92. The molecule has 3 atom stereocenters. The van der Waals surface area contributed by atoms with E-state index in [1.807, 2.05) is 0 Å². The molecule has 1 heteroatoms. The van der Waals surface area contributed by atoms with E-state index in [-0.39, 0.29) is 0 Å². The summed E-state index contributed by atoms with van der Waals surface area (Å²) in [5, 5.41) is 0. The molecule has 0 N–H and O–H groups in total. The fraction of sp³-hybridized carbons (Fsp3) is 1.00. The Morgan fingerprint density at radius 2 is 1.91 bits per heavy atom. The number of nitrogens with zero attached hydrogens (tertiary/aromatic N) is 1. The molecule has 2 fully saturated rings. The van der Waals surface area contributed by atoms with Crippen molar-refractivity contribution in [2.75, 3.05) is 20.1 Å². The van der Waals surface area contributed by atoms with Crippen molar-refractivity contribution >= 4 is 0 Å². The minimum Gasteiger partial charge on any atom is -0.306 e. The van der Waals surface area contributed by atoms with Crippen molar-refractivity contribution in [2.45, 2.75) is 26.2 Å². The second-order valence-corrected chi connectivity index (χ2v) is 4.65. The lowest BCUT2D eigenvalue weighted by Gasteiger charge is -2.32. The van der Waals surface area contributed by atoms with E-state index in [1.165, 1.54) is 32.4 Å². The molecule has 1 aliphatic carbocycles. The minimum atomic E-state index is 1.01. The van der Waals surface area contributed by atoms with Crippen molar-refractivity contribution < 1.29 is 0 Å². The highest BCUT2D eigenvalue weighted by Crippen LogP contribution is 2.40. The van der Waals surface area contributed by atoms with Gasteiger partial charge >= 0.3 is 0 Å². The maximum absolute atomic E-state index is 2.50. The lowest BCUT2D eigenvalue weighted by molar-refractivity contribution is 0.166. The van der Waals surface area contributed by atoms with E-state index in [9.17, 15) is 0 Å². The Hall–Kier alpha value is -0.0400. The van der Waals surface area contributed by atoms with Crippen molar-refractivity contribution in [3.05, 3.63) is 0 Å². The predicted octanol–water partition coefficient (Wildman–Crippen LogP) is 1.98. The van der Waals surface area contributed by atoms with Gasteiger partial charge in [0.25, 0.3) is 0 Å². The van der Waals surface area contributed by atoms with Crippen LogP contribution in [0.5, 0.6) is 0 Å². The fourth-order valence-corrected chi connectivity index (χ4v) is 2.97. The maximum Gasteiger partial charge on any atom is 0.000937 e. The monoisotopic (exact) mass is 153 g/mol. The Bertz CT molecular complexity index is 144. The Labute approximate surface area is 69.8 Å². The molecule has 0 bridgehead atoms. The van der Waals surface area contributed by atoms with Crippen LogP contribution in [0.25, 0.3) is 0 Å². The number of hydrogen-bond acceptors (Lipinski definition) is 1. The summed E-state index contributed by atoms with van der Waals surface area (Å²) in [7, 11) is 2.26. The topological polar surface area (TPSA) is 3.24 Å². The van der Waals surface area contributed by atoms with Gasteiger partial charge in [0, 0.05) is 6.54 Å². The summed E-state index contributed by atoms with van der Waals surface area (Å²) in [6, 6.07) is 0. The van der Waals surface area contributed by atoms with Crippen LogP contribution in [0, 0.1) is 17.8 Å². The van der Waals surface area contributed by atoms with Gasteiger partial charge in [-0.05, 0) is 50.6 Å². The third-order valence-corrected chi connectivity index (χ3v) is 3.50. The highest BCUT2D eigenvalue weighted by Gasteiger charge is 2.34. The van der Waals surface area contributed by atoms with Gasteiger partial charge in [-0.1, -0.05) is 6.92 Å². The number of hydrogen-bond donors (Lipinski definition) is 0. The van der Waals surface area contributed by atoms with Gasteiger partial charge in [-0.3, -0.25) is 0 Å². The number of piperidine rings is 1. The second kappa shape index (κ2) is 2.78. The largest absolute Gasteiger partial charge is 0.306 e. The Morgan fingerprint density at radius 3 is 2.73 bits per heavy atom. The molecule has 1 aliphatic heterocycles. The van der Waals surface area contributed by atoms with E-state index in [0.29, 0.717) is 0 Å². The van der Waals surface area contributed by atoms with Gasteiger partial charge in [0.1, 0.15) is 0 Å². The third kappa shape index (κ3) is 1.44. The van der Waals surface area contributed by atoms with Crippen LogP contribution in [0.4, 0.5) is 0 Å².